The number of nitrogens with zero attached hydrogens (tertiary/aromatic N) is 2. The molecule has 0 aliphatic carbocycles. The molecule has 0 aromatic heterocycles. The summed E-state index contributed by atoms with van der Waals surface area (Å²) in [7, 11) is 0. The van der Waals surface area contributed by atoms with Crippen LogP contribution in [0, 0.1) is 5.82 Å². The van der Waals surface area contributed by atoms with Gasteiger partial charge in [-0.05, 0) is 60.5 Å². The molecule has 0 spiro atoms. The van der Waals surface area contributed by atoms with Crippen molar-refractivity contribution in [1.29, 1.82) is 0 Å². The monoisotopic (exact) mass is 496 g/mol. The zero-order chi connectivity index (χ0) is 24.6. The fourth-order valence-electron chi connectivity index (χ4n) is 4.24. The summed E-state index contributed by atoms with van der Waals surface area (Å²) in [5.74, 6) is 0.141. The Balaban J connectivity index is 1.24. The molecular formula is C28H30ClFN2O3. The van der Waals surface area contributed by atoms with Crippen LogP contribution >= 0.6 is 11.6 Å². The van der Waals surface area contributed by atoms with E-state index in [9.17, 15) is 14.3 Å². The molecule has 7 heteroatoms. The number of benzene rings is 3. The summed E-state index contributed by atoms with van der Waals surface area (Å²) in [5.41, 5.74) is 2.56. The van der Waals surface area contributed by atoms with E-state index in [1.807, 2.05) is 30.3 Å². The highest BCUT2D eigenvalue weighted by atomic mass is 35.5. The number of carbonyl (C=O) groups is 1. The Morgan fingerprint density at radius 2 is 1.66 bits per heavy atom. The molecule has 184 valence electrons. The Morgan fingerprint density at radius 3 is 2.37 bits per heavy atom. The number of aliphatic hydroxyl groups is 1. The molecule has 3 aromatic carbocycles. The third-order valence-corrected chi connectivity index (χ3v) is 6.46. The Morgan fingerprint density at radius 1 is 0.971 bits per heavy atom. The van der Waals surface area contributed by atoms with Crippen LogP contribution in [-0.2, 0) is 6.42 Å². The van der Waals surface area contributed by atoms with Gasteiger partial charge in [0.05, 0.1) is 5.56 Å². The standard InChI is InChI=1S/C28H30ClFN2O3/c29-22-8-12-24(13-9-22)32-17-15-31(16-18-32)19-25(33)20-35-28-4-2-1-3-26(28)27(34)14-7-21-5-10-23(30)11-6-21/h1-6,8-13,25,33H,7,14-20H2. The SMILES string of the molecule is O=C(CCc1ccc(F)cc1)c1ccccc1OCC(O)CN1CCN(c2ccc(Cl)cc2)CC1. The number of halogens is 2. The summed E-state index contributed by atoms with van der Waals surface area (Å²) in [4.78, 5) is 17.3. The lowest BCUT2D eigenvalue weighted by Crippen LogP contribution is -2.49. The number of carbonyl (C=O) groups excluding carboxylic acids is 1. The van der Waals surface area contributed by atoms with Gasteiger partial charge < -0.3 is 14.7 Å². The molecule has 1 unspecified atom stereocenters. The van der Waals surface area contributed by atoms with Crippen molar-refractivity contribution in [3.8, 4) is 5.75 Å². The zero-order valence-corrected chi connectivity index (χ0v) is 20.3. The highest BCUT2D eigenvalue weighted by Gasteiger charge is 2.20. The minimum Gasteiger partial charge on any atom is -0.490 e. The van der Waals surface area contributed by atoms with E-state index in [1.165, 1.54) is 12.1 Å². The Kier molecular flexibility index (Phi) is 8.74. The molecule has 35 heavy (non-hydrogen) atoms. The van der Waals surface area contributed by atoms with Crippen molar-refractivity contribution in [3.05, 3.63) is 94.8 Å². The van der Waals surface area contributed by atoms with E-state index < -0.39 is 6.10 Å². The number of β-amino-alcohol motifs (C(OH)–C–C–N with tert-alkyl or cyclic N) is 1. The number of para-hydroxylation sites is 1. The number of hydrogen-bond donors (Lipinski definition) is 1. The molecule has 0 saturated carbocycles. The summed E-state index contributed by atoms with van der Waals surface area (Å²) in [5, 5.41) is 11.3. The molecule has 1 saturated heterocycles. The molecule has 1 fully saturated rings. The lowest BCUT2D eigenvalue weighted by atomic mass is 10.0. The number of ketones is 1. The van der Waals surface area contributed by atoms with E-state index in [0.29, 0.717) is 30.7 Å². The largest absolute Gasteiger partial charge is 0.490 e. The van der Waals surface area contributed by atoms with Crippen LogP contribution in [0.3, 0.4) is 0 Å². The van der Waals surface area contributed by atoms with Crippen molar-refractivity contribution in [2.75, 3.05) is 44.2 Å². The maximum Gasteiger partial charge on any atom is 0.166 e. The van der Waals surface area contributed by atoms with E-state index in [1.54, 1.807) is 30.3 Å². The van der Waals surface area contributed by atoms with Crippen LogP contribution in [0.15, 0.2) is 72.8 Å². The van der Waals surface area contributed by atoms with E-state index >= 15 is 0 Å². The topological polar surface area (TPSA) is 53.0 Å². The minimum absolute atomic E-state index is 0.0438. The summed E-state index contributed by atoms with van der Waals surface area (Å²) in [6, 6.07) is 21.1. The summed E-state index contributed by atoms with van der Waals surface area (Å²) < 4.78 is 18.9. The normalized spacial score (nSPS) is 15.1. The van der Waals surface area contributed by atoms with Crippen molar-refractivity contribution in [3.63, 3.8) is 0 Å². The molecule has 0 amide bonds. The number of piperazine rings is 1. The molecule has 0 radical (unpaired) electrons. The second-order valence-electron chi connectivity index (χ2n) is 8.77. The van der Waals surface area contributed by atoms with Crippen LogP contribution < -0.4 is 9.64 Å². The number of anilines is 1. The van der Waals surface area contributed by atoms with Crippen LogP contribution in [0.2, 0.25) is 5.02 Å². The number of aryl methyl sites for hydroxylation is 1. The second-order valence-corrected chi connectivity index (χ2v) is 9.21. The van der Waals surface area contributed by atoms with Crippen molar-refractivity contribution >= 4 is 23.1 Å². The van der Waals surface area contributed by atoms with Gasteiger partial charge in [-0.2, -0.15) is 0 Å². The number of aliphatic hydroxyl groups excluding tert-OH is 1. The lowest BCUT2D eigenvalue weighted by Gasteiger charge is -2.36. The lowest BCUT2D eigenvalue weighted by molar-refractivity contribution is 0.0655. The average Bonchev–Trinajstić information content (AvgIpc) is 2.88. The third kappa shape index (κ3) is 7.28. The van der Waals surface area contributed by atoms with Crippen LogP contribution in [0.4, 0.5) is 10.1 Å². The predicted octanol–water partition coefficient (Wildman–Crippen LogP) is 4.86. The summed E-state index contributed by atoms with van der Waals surface area (Å²) >= 11 is 5.98. The van der Waals surface area contributed by atoms with Crippen molar-refractivity contribution in [2.45, 2.75) is 18.9 Å². The van der Waals surface area contributed by atoms with Gasteiger partial charge in [-0.15, -0.1) is 0 Å². The smallest absolute Gasteiger partial charge is 0.166 e. The van der Waals surface area contributed by atoms with E-state index in [4.69, 9.17) is 16.3 Å². The second kappa shape index (κ2) is 12.2. The molecule has 0 bridgehead atoms. The van der Waals surface area contributed by atoms with Gasteiger partial charge in [-0.3, -0.25) is 9.69 Å². The van der Waals surface area contributed by atoms with Gasteiger partial charge >= 0.3 is 0 Å². The van der Waals surface area contributed by atoms with Crippen molar-refractivity contribution < 1.29 is 19.0 Å². The van der Waals surface area contributed by atoms with E-state index in [0.717, 1.165) is 42.5 Å². The number of Topliss-reactive ketones (excluding diaryl/α,β-unsaturated/α-hetero) is 1. The molecule has 3 aromatic rings. The summed E-state index contributed by atoms with van der Waals surface area (Å²) in [6.07, 6.45) is 0.157. The molecule has 1 N–H and O–H groups in total. The Hall–Kier alpha value is -2.93. The van der Waals surface area contributed by atoms with Crippen LogP contribution in [0.5, 0.6) is 5.75 Å². The highest BCUT2D eigenvalue weighted by molar-refractivity contribution is 6.30. The fourth-order valence-corrected chi connectivity index (χ4v) is 4.37. The predicted molar refractivity (Wildman–Crippen MR) is 137 cm³/mol. The Labute approximate surface area is 210 Å². The summed E-state index contributed by atoms with van der Waals surface area (Å²) in [6.45, 7) is 4.06. The van der Waals surface area contributed by atoms with Crippen LogP contribution in [0.1, 0.15) is 22.3 Å². The molecular weight excluding hydrogens is 467 g/mol. The van der Waals surface area contributed by atoms with Crippen molar-refractivity contribution in [1.82, 2.24) is 4.90 Å². The molecule has 1 aliphatic rings. The van der Waals surface area contributed by atoms with Gasteiger partial charge in [0, 0.05) is 49.9 Å². The average molecular weight is 497 g/mol. The molecule has 4 rings (SSSR count). The van der Waals surface area contributed by atoms with E-state index in [2.05, 4.69) is 9.80 Å². The van der Waals surface area contributed by atoms with Crippen LogP contribution in [-0.4, -0.2) is 61.2 Å². The van der Waals surface area contributed by atoms with E-state index in [-0.39, 0.29) is 18.2 Å². The molecule has 1 atom stereocenters. The third-order valence-electron chi connectivity index (χ3n) is 6.21. The Bertz CT molecular complexity index is 1100. The molecule has 5 nitrogen and oxygen atoms in total. The zero-order valence-electron chi connectivity index (χ0n) is 19.6. The van der Waals surface area contributed by atoms with Gasteiger partial charge in [-0.25, -0.2) is 4.39 Å². The fraction of sp³-hybridized carbons (Fsp3) is 0.321. The highest BCUT2D eigenvalue weighted by Crippen LogP contribution is 2.22. The number of rotatable bonds is 10. The van der Waals surface area contributed by atoms with Gasteiger partial charge in [0.25, 0.3) is 0 Å². The molecule has 1 aliphatic heterocycles. The van der Waals surface area contributed by atoms with Gasteiger partial charge in [0.15, 0.2) is 5.78 Å². The van der Waals surface area contributed by atoms with Crippen LogP contribution in [0.25, 0.3) is 0 Å². The first-order chi connectivity index (χ1) is 17.0. The minimum atomic E-state index is -0.667. The first-order valence-electron chi connectivity index (χ1n) is 11.9. The number of ether oxygens (including phenoxy) is 1. The quantitative estimate of drug-likeness (QED) is 0.406. The van der Waals surface area contributed by atoms with Gasteiger partial charge in [0.2, 0.25) is 0 Å². The van der Waals surface area contributed by atoms with Gasteiger partial charge in [0.1, 0.15) is 24.3 Å². The maximum absolute atomic E-state index is 13.1. The maximum atomic E-state index is 13.1. The van der Waals surface area contributed by atoms with Gasteiger partial charge in [-0.1, -0.05) is 35.9 Å². The first kappa shape index (κ1) is 25.2. The van der Waals surface area contributed by atoms with Crippen molar-refractivity contribution in [2.24, 2.45) is 0 Å². The molecule has 1 heterocycles. The number of hydrogen-bond acceptors (Lipinski definition) is 5. The first-order valence-corrected chi connectivity index (χ1v) is 12.3.